The lowest BCUT2D eigenvalue weighted by Crippen LogP contribution is -2.68. The maximum Gasteiger partial charge on any atom is 0.328 e. The zero-order valence-electron chi connectivity index (χ0n) is 11.1. The molecule has 0 saturated heterocycles. The fourth-order valence-corrected chi connectivity index (χ4v) is 1.85. The van der Waals surface area contributed by atoms with Gasteiger partial charge in [0.1, 0.15) is 0 Å². The van der Waals surface area contributed by atoms with E-state index in [1.54, 1.807) is 0 Å². The third-order valence-electron chi connectivity index (χ3n) is 1.95. The van der Waals surface area contributed by atoms with Gasteiger partial charge in [-0.2, -0.15) is 5.43 Å². The van der Waals surface area contributed by atoms with E-state index in [4.69, 9.17) is 5.11 Å². The van der Waals surface area contributed by atoms with Crippen molar-refractivity contribution in [1.82, 2.24) is 5.43 Å². The summed E-state index contributed by atoms with van der Waals surface area (Å²) in [5, 5.41) is 17.2. The van der Waals surface area contributed by atoms with Gasteiger partial charge in [-0.3, -0.25) is 5.84 Å². The van der Waals surface area contributed by atoms with Gasteiger partial charge in [0, 0.05) is 16.7 Å². The number of carbonyl (C=O) groups is 2. The fourth-order valence-electron chi connectivity index (χ4n) is 0.936. The number of carboxylic acid groups (broad SMARTS) is 2. The van der Waals surface area contributed by atoms with Gasteiger partial charge < -0.3 is 15.0 Å². The summed E-state index contributed by atoms with van der Waals surface area (Å²) < 4.78 is 0. The quantitative estimate of drug-likeness (QED) is 0.363. The van der Waals surface area contributed by atoms with Crippen molar-refractivity contribution in [2.75, 3.05) is 5.75 Å². The maximum atomic E-state index is 9.53. The van der Waals surface area contributed by atoms with Gasteiger partial charge in [-0.15, -0.1) is 11.8 Å². The van der Waals surface area contributed by atoms with Crippen LogP contribution in [0.5, 0.6) is 0 Å². The molecule has 20 heavy (non-hydrogen) atoms. The van der Waals surface area contributed by atoms with Crippen LogP contribution in [0.15, 0.2) is 47.4 Å². The second kappa shape index (κ2) is 11.0. The van der Waals surface area contributed by atoms with Crippen molar-refractivity contribution in [1.29, 1.82) is 0 Å². The van der Waals surface area contributed by atoms with Crippen molar-refractivity contribution < 1.29 is 25.6 Å². The van der Waals surface area contributed by atoms with Gasteiger partial charge in [-0.05, 0) is 25.1 Å². The fraction of sp³-hybridized carbons (Fsp3) is 0.231. The summed E-state index contributed by atoms with van der Waals surface area (Å²) in [6, 6.07) is 10.9. The second-order valence-electron chi connectivity index (χ2n) is 3.72. The monoisotopic (exact) mass is 298 g/mol. The summed E-state index contributed by atoms with van der Waals surface area (Å²) in [5.41, 5.74) is 2.96. The minimum atomic E-state index is -1.51. The highest BCUT2D eigenvalue weighted by Gasteiger charge is 2.00. The number of carboxylic acids is 2. The van der Waals surface area contributed by atoms with Crippen LogP contribution in [0.4, 0.5) is 0 Å². The van der Waals surface area contributed by atoms with Crippen LogP contribution in [0.3, 0.4) is 0 Å². The summed E-state index contributed by atoms with van der Waals surface area (Å²) in [7, 11) is 0. The third-order valence-corrected chi connectivity index (χ3v) is 3.23. The molecular weight excluding hydrogens is 280 g/mol. The number of rotatable bonds is 6. The molecule has 0 radical (unpaired) electrons. The minimum Gasteiger partial charge on any atom is -0.545 e. The highest BCUT2D eigenvalue weighted by molar-refractivity contribution is 7.99. The molecule has 0 saturated carbocycles. The van der Waals surface area contributed by atoms with E-state index in [0.717, 1.165) is 5.75 Å². The molecule has 0 fully saturated rings. The molecule has 1 aromatic carbocycles. The largest absolute Gasteiger partial charge is 0.545 e. The molecular formula is C13H18N2O4S. The summed E-state index contributed by atoms with van der Waals surface area (Å²) in [6.45, 7) is 2.13. The number of benzene rings is 1. The first-order valence-corrected chi connectivity index (χ1v) is 6.76. The lowest BCUT2D eigenvalue weighted by Gasteiger charge is -2.06. The predicted molar refractivity (Wildman–Crippen MR) is 74.4 cm³/mol. The average Bonchev–Trinajstić information content (AvgIpc) is 2.44. The third kappa shape index (κ3) is 11.3. The lowest BCUT2D eigenvalue weighted by atomic mass is 10.4. The first-order chi connectivity index (χ1) is 9.45. The molecule has 0 amide bonds. The van der Waals surface area contributed by atoms with Crippen LogP contribution in [0, 0.1) is 0 Å². The van der Waals surface area contributed by atoms with E-state index in [0.29, 0.717) is 18.2 Å². The topological polar surface area (TPSA) is 117 Å². The van der Waals surface area contributed by atoms with Gasteiger partial charge in [-0.1, -0.05) is 18.2 Å². The van der Waals surface area contributed by atoms with Gasteiger partial charge in [0.25, 0.3) is 0 Å². The Balaban J connectivity index is 0.000000396. The van der Waals surface area contributed by atoms with E-state index < -0.39 is 11.9 Å². The van der Waals surface area contributed by atoms with Crippen molar-refractivity contribution in [2.24, 2.45) is 0 Å². The predicted octanol–water partition coefficient (Wildman–Crippen LogP) is -0.709. The Kier molecular flexibility index (Phi) is 10.0. The maximum absolute atomic E-state index is 9.53. The second-order valence-corrected chi connectivity index (χ2v) is 4.81. The van der Waals surface area contributed by atoms with Crippen molar-refractivity contribution in [2.45, 2.75) is 17.9 Å². The molecule has 0 spiro atoms. The zero-order chi connectivity index (χ0) is 15.4. The van der Waals surface area contributed by atoms with Gasteiger partial charge >= 0.3 is 5.97 Å². The van der Waals surface area contributed by atoms with Crippen LogP contribution in [0.25, 0.3) is 0 Å². The molecule has 0 bridgehead atoms. The number of hydrogen-bond donors (Lipinski definition) is 3. The summed E-state index contributed by atoms with van der Waals surface area (Å²) in [6.07, 6.45) is 0.942. The van der Waals surface area contributed by atoms with Gasteiger partial charge in [0.2, 0.25) is 0 Å². The van der Waals surface area contributed by atoms with E-state index in [1.807, 2.05) is 17.8 Å². The van der Waals surface area contributed by atoms with Crippen LogP contribution >= 0.6 is 11.8 Å². The minimum absolute atomic E-state index is 0.447. The summed E-state index contributed by atoms with van der Waals surface area (Å²) in [4.78, 5) is 20.3. The molecule has 1 unspecified atom stereocenters. The van der Waals surface area contributed by atoms with E-state index in [9.17, 15) is 14.7 Å². The van der Waals surface area contributed by atoms with Crippen molar-refractivity contribution >= 4 is 23.7 Å². The molecule has 0 aliphatic heterocycles. The zero-order valence-corrected chi connectivity index (χ0v) is 11.9. The van der Waals surface area contributed by atoms with Crippen molar-refractivity contribution in [3.05, 3.63) is 42.5 Å². The van der Waals surface area contributed by atoms with Crippen LogP contribution < -0.4 is 16.4 Å². The standard InChI is InChI=1S/C9H14N2S.C4H4O4/c1-8(11-10)7-12-9-5-3-2-4-6-9;5-3(6)1-2-4(7)8/h2-6,8,11H,7,10H2,1H3;1-2H,(H,5,6)(H,7,8)/b;2-1-. The molecule has 1 atom stereocenters. The van der Waals surface area contributed by atoms with Crippen LogP contribution in [-0.4, -0.2) is 28.8 Å². The molecule has 0 aliphatic carbocycles. The Hall–Kier alpha value is -1.83. The first-order valence-electron chi connectivity index (χ1n) is 5.78. The molecule has 5 N–H and O–H groups in total. The van der Waals surface area contributed by atoms with Crippen molar-refractivity contribution in [3.63, 3.8) is 0 Å². The van der Waals surface area contributed by atoms with E-state index >= 15 is 0 Å². The summed E-state index contributed by atoms with van der Waals surface area (Å²) >= 11 is 1.85. The van der Waals surface area contributed by atoms with Crippen molar-refractivity contribution in [3.8, 4) is 0 Å². The molecule has 1 rings (SSSR count). The Morgan fingerprint density at radius 3 is 2.40 bits per heavy atom. The number of hydrogen-bond acceptors (Lipinski definition) is 5. The van der Waals surface area contributed by atoms with Gasteiger partial charge in [0.15, 0.2) is 0 Å². The molecule has 1 aromatic rings. The molecule has 110 valence electrons. The number of aliphatic carboxylic acids is 2. The Labute approximate surface area is 121 Å². The Morgan fingerprint density at radius 1 is 1.40 bits per heavy atom. The number of quaternary nitrogens is 1. The van der Waals surface area contributed by atoms with E-state index in [1.165, 1.54) is 4.90 Å². The Bertz CT molecular complexity index is 421. The van der Waals surface area contributed by atoms with Gasteiger partial charge in [0.05, 0.1) is 12.0 Å². The molecule has 0 heterocycles. The van der Waals surface area contributed by atoms with E-state index in [-0.39, 0.29) is 0 Å². The van der Waals surface area contributed by atoms with Crippen LogP contribution in [-0.2, 0) is 9.59 Å². The van der Waals surface area contributed by atoms with Gasteiger partial charge in [-0.25, -0.2) is 4.79 Å². The molecule has 0 aromatic heterocycles. The molecule has 6 nitrogen and oxygen atoms in total. The van der Waals surface area contributed by atoms with Crippen LogP contribution in [0.2, 0.25) is 0 Å². The van der Waals surface area contributed by atoms with E-state index in [2.05, 4.69) is 42.5 Å². The molecule has 0 aliphatic rings. The first kappa shape index (κ1) is 18.2. The molecule has 7 heteroatoms. The number of nitrogens with one attached hydrogen (secondary N) is 1. The highest BCUT2D eigenvalue weighted by Crippen LogP contribution is 2.17. The average molecular weight is 298 g/mol. The van der Waals surface area contributed by atoms with Crippen LogP contribution in [0.1, 0.15) is 6.92 Å². The highest BCUT2D eigenvalue weighted by atomic mass is 32.2. The SMILES string of the molecule is CC(CSc1ccccc1)N[NH3+].O=C([O-])/C=C\C(=O)O. The normalized spacial score (nSPS) is 11.5. The smallest absolute Gasteiger partial charge is 0.328 e. The Morgan fingerprint density at radius 2 is 2.00 bits per heavy atom. The summed E-state index contributed by atoms with van der Waals surface area (Å²) in [5.74, 6) is 1.89. The lowest BCUT2D eigenvalue weighted by molar-refractivity contribution is -0.449. The number of thioether (sulfide) groups is 1. The number of carbonyl (C=O) groups excluding carboxylic acids is 1.